The molecule has 2 aromatic rings. The maximum Gasteiger partial charge on any atom is 0.363 e. The lowest BCUT2D eigenvalue weighted by atomic mass is 10.2. The summed E-state index contributed by atoms with van der Waals surface area (Å²) in [5.74, 6) is -0.321. The number of anilines is 1. The number of H-pyrrole nitrogens is 1. The Labute approximate surface area is 136 Å². The number of carbonyl (C=O) groups is 1. The molecule has 0 spiro atoms. The summed E-state index contributed by atoms with van der Waals surface area (Å²) in [7, 11) is 0. The number of hydrogen-bond donors (Lipinski definition) is 1. The minimum atomic E-state index is -0.537. The Kier molecular flexibility index (Phi) is 4.23. The largest absolute Gasteiger partial charge is 0.365 e. The van der Waals surface area contributed by atoms with Crippen LogP contribution in [-0.4, -0.2) is 51.9 Å². The van der Waals surface area contributed by atoms with Crippen LogP contribution in [0, 0.1) is 10.1 Å². The fourth-order valence-electron chi connectivity index (χ4n) is 2.57. The van der Waals surface area contributed by atoms with Crippen molar-refractivity contribution in [2.24, 2.45) is 0 Å². The van der Waals surface area contributed by atoms with Crippen molar-refractivity contribution in [3.8, 4) is 0 Å². The monoisotopic (exact) mass is 329 g/mol. The zero-order chi connectivity index (χ0) is 17.1. The van der Waals surface area contributed by atoms with Gasteiger partial charge in [0.1, 0.15) is 0 Å². The summed E-state index contributed by atoms with van der Waals surface area (Å²) in [5.41, 5.74) is 0.985. The van der Waals surface area contributed by atoms with Crippen molar-refractivity contribution >= 4 is 17.4 Å². The number of aromatic nitrogens is 2. The number of piperazine rings is 1. The van der Waals surface area contributed by atoms with Crippen LogP contribution in [-0.2, 0) is 0 Å². The second-order valence-corrected chi connectivity index (χ2v) is 5.35. The second kappa shape index (κ2) is 6.49. The zero-order valence-electron chi connectivity index (χ0n) is 12.7. The van der Waals surface area contributed by atoms with Gasteiger partial charge in [0.05, 0.1) is 11.3 Å². The van der Waals surface area contributed by atoms with Gasteiger partial charge < -0.3 is 24.9 Å². The third-order valence-electron chi connectivity index (χ3n) is 3.88. The van der Waals surface area contributed by atoms with E-state index in [4.69, 9.17) is 0 Å². The highest BCUT2D eigenvalue weighted by Crippen LogP contribution is 2.18. The fraction of sp³-hybridized carbons (Fsp3) is 0.267. The van der Waals surface area contributed by atoms with Gasteiger partial charge in [-0.3, -0.25) is 9.59 Å². The topological polar surface area (TPSA) is 112 Å². The summed E-state index contributed by atoms with van der Waals surface area (Å²) in [6.45, 7) is 2.26. The van der Waals surface area contributed by atoms with Gasteiger partial charge in [0, 0.05) is 44.5 Å². The Hall–Kier alpha value is -3.23. The second-order valence-electron chi connectivity index (χ2n) is 5.35. The minimum Gasteiger partial charge on any atom is -0.365 e. The molecule has 0 aromatic carbocycles. The highest BCUT2D eigenvalue weighted by molar-refractivity contribution is 5.94. The van der Waals surface area contributed by atoms with E-state index in [9.17, 15) is 19.7 Å². The quantitative estimate of drug-likeness (QED) is 0.653. The molecule has 24 heavy (non-hydrogen) atoms. The van der Waals surface area contributed by atoms with Crippen LogP contribution in [0.4, 0.5) is 11.5 Å². The normalized spacial score (nSPS) is 14.5. The molecule has 1 aliphatic heterocycles. The molecule has 0 bridgehead atoms. The summed E-state index contributed by atoms with van der Waals surface area (Å²) >= 11 is 0. The van der Waals surface area contributed by atoms with Crippen LogP contribution in [0.25, 0.3) is 0 Å². The number of amides is 1. The lowest BCUT2D eigenvalue weighted by Gasteiger charge is -2.35. The van der Waals surface area contributed by atoms with Gasteiger partial charge in [-0.2, -0.15) is 0 Å². The van der Waals surface area contributed by atoms with E-state index in [1.54, 1.807) is 11.0 Å². The van der Waals surface area contributed by atoms with E-state index < -0.39 is 4.92 Å². The van der Waals surface area contributed by atoms with E-state index in [-0.39, 0.29) is 17.3 Å². The van der Waals surface area contributed by atoms with E-state index in [0.717, 1.165) is 5.69 Å². The maximum absolute atomic E-state index is 12.4. The van der Waals surface area contributed by atoms with Crippen LogP contribution in [0.15, 0.2) is 41.5 Å². The van der Waals surface area contributed by atoms with Crippen LogP contribution in [0.2, 0.25) is 0 Å². The molecule has 0 saturated carbocycles. The predicted octanol–water partition coefficient (Wildman–Crippen LogP) is 0.640. The first kappa shape index (κ1) is 15.7. The van der Waals surface area contributed by atoms with E-state index in [2.05, 4.69) is 9.97 Å². The predicted molar refractivity (Wildman–Crippen MR) is 86.1 cm³/mol. The standard InChI is InChI=1S/C15H15N5O4/c21-14-4-1-11(9-17-14)15(22)19-7-5-18(6-8-19)12-2-3-13(16-10-12)20(23)24/h1-4,9-10H,5-8H2,(H,17,21). The summed E-state index contributed by atoms with van der Waals surface area (Å²) in [6, 6.07) is 5.86. The van der Waals surface area contributed by atoms with Crippen molar-refractivity contribution in [3.05, 3.63) is 62.7 Å². The van der Waals surface area contributed by atoms with Gasteiger partial charge in [0.25, 0.3) is 5.91 Å². The number of nitrogens with one attached hydrogen (secondary N) is 1. The van der Waals surface area contributed by atoms with E-state index in [0.29, 0.717) is 31.7 Å². The molecule has 3 rings (SSSR count). The summed E-state index contributed by atoms with van der Waals surface area (Å²) in [4.78, 5) is 43.5. The number of pyridine rings is 2. The van der Waals surface area contributed by atoms with Gasteiger partial charge in [-0.05, 0) is 22.0 Å². The van der Waals surface area contributed by atoms with Crippen LogP contribution >= 0.6 is 0 Å². The van der Waals surface area contributed by atoms with Crippen LogP contribution < -0.4 is 10.5 Å². The third-order valence-corrected chi connectivity index (χ3v) is 3.88. The lowest BCUT2D eigenvalue weighted by molar-refractivity contribution is -0.389. The first-order valence-corrected chi connectivity index (χ1v) is 7.38. The maximum atomic E-state index is 12.4. The Morgan fingerprint density at radius 3 is 2.46 bits per heavy atom. The summed E-state index contributed by atoms with van der Waals surface area (Å²) in [6.07, 6.45) is 2.88. The molecule has 9 nitrogen and oxygen atoms in total. The molecule has 0 radical (unpaired) electrons. The van der Waals surface area contributed by atoms with Gasteiger partial charge >= 0.3 is 5.82 Å². The molecule has 1 N–H and O–H groups in total. The average Bonchev–Trinajstić information content (AvgIpc) is 2.62. The van der Waals surface area contributed by atoms with E-state index in [1.165, 1.54) is 30.6 Å². The summed E-state index contributed by atoms with van der Waals surface area (Å²) in [5, 5.41) is 10.6. The fourth-order valence-corrected chi connectivity index (χ4v) is 2.57. The first-order chi connectivity index (χ1) is 11.5. The van der Waals surface area contributed by atoms with Crippen molar-refractivity contribution in [2.45, 2.75) is 0 Å². The molecule has 1 fully saturated rings. The molecule has 0 unspecified atom stereocenters. The molecule has 2 aromatic heterocycles. The number of nitrogens with zero attached hydrogens (tertiary/aromatic N) is 4. The molecule has 0 aliphatic carbocycles. The molecular weight excluding hydrogens is 314 g/mol. The average molecular weight is 329 g/mol. The highest BCUT2D eigenvalue weighted by Gasteiger charge is 2.23. The van der Waals surface area contributed by atoms with Crippen molar-refractivity contribution in [1.29, 1.82) is 0 Å². The lowest BCUT2D eigenvalue weighted by Crippen LogP contribution is -2.48. The number of hydrogen-bond acceptors (Lipinski definition) is 6. The smallest absolute Gasteiger partial charge is 0.363 e. The Morgan fingerprint density at radius 1 is 1.17 bits per heavy atom. The number of nitro groups is 1. The molecule has 1 saturated heterocycles. The van der Waals surface area contributed by atoms with Crippen LogP contribution in [0.1, 0.15) is 10.4 Å². The minimum absolute atomic E-state index is 0.132. The Bertz CT molecular complexity index is 789. The first-order valence-electron chi connectivity index (χ1n) is 7.38. The van der Waals surface area contributed by atoms with E-state index >= 15 is 0 Å². The van der Waals surface area contributed by atoms with Gasteiger partial charge in [0.15, 0.2) is 6.20 Å². The molecule has 9 heteroatoms. The summed E-state index contributed by atoms with van der Waals surface area (Å²) < 4.78 is 0. The van der Waals surface area contributed by atoms with E-state index in [1.807, 2.05) is 4.90 Å². The molecule has 0 atom stereocenters. The third kappa shape index (κ3) is 3.24. The van der Waals surface area contributed by atoms with Gasteiger partial charge in [-0.15, -0.1) is 0 Å². The van der Waals surface area contributed by atoms with Crippen molar-refractivity contribution in [1.82, 2.24) is 14.9 Å². The van der Waals surface area contributed by atoms with Crippen molar-refractivity contribution in [3.63, 3.8) is 0 Å². The van der Waals surface area contributed by atoms with Crippen LogP contribution in [0.3, 0.4) is 0 Å². The molecule has 1 aliphatic rings. The number of rotatable bonds is 3. The Morgan fingerprint density at radius 2 is 1.92 bits per heavy atom. The number of carbonyl (C=O) groups excluding carboxylic acids is 1. The highest BCUT2D eigenvalue weighted by atomic mass is 16.6. The van der Waals surface area contributed by atoms with Gasteiger partial charge in [-0.1, -0.05) is 0 Å². The molecule has 3 heterocycles. The number of aromatic amines is 1. The SMILES string of the molecule is O=C(c1ccc(=O)[nH]c1)N1CCN(c2ccc([N+](=O)[O-])nc2)CC1. The Balaban J connectivity index is 1.63. The van der Waals surface area contributed by atoms with Crippen molar-refractivity contribution < 1.29 is 9.72 Å². The molecule has 1 amide bonds. The molecular formula is C15H15N5O4. The zero-order valence-corrected chi connectivity index (χ0v) is 12.7. The van der Waals surface area contributed by atoms with Crippen LogP contribution in [0.5, 0.6) is 0 Å². The van der Waals surface area contributed by atoms with Gasteiger partial charge in [0.2, 0.25) is 5.56 Å². The van der Waals surface area contributed by atoms with Gasteiger partial charge in [-0.25, -0.2) is 0 Å². The molecule has 124 valence electrons. The van der Waals surface area contributed by atoms with Crippen molar-refractivity contribution in [2.75, 3.05) is 31.1 Å².